The van der Waals surface area contributed by atoms with E-state index in [0.29, 0.717) is 24.3 Å². The number of hydrogen-bond acceptors (Lipinski definition) is 4. The lowest BCUT2D eigenvalue weighted by Crippen LogP contribution is -2.38. The topological polar surface area (TPSA) is 87.1 Å². The van der Waals surface area contributed by atoms with Crippen LogP contribution in [0.1, 0.15) is 64.4 Å². The number of aromatic carboxylic acids is 1. The molecule has 1 fully saturated rings. The van der Waals surface area contributed by atoms with Gasteiger partial charge in [0.2, 0.25) is 0 Å². The SMILES string of the molecule is CCOc1cc(C(=O)N(Cc2ccc(-c3ccc(O)c(C(=O)O)c3)cc2)C2CCCC2)ccc1C. The van der Waals surface area contributed by atoms with Gasteiger partial charge in [0, 0.05) is 18.2 Å². The van der Waals surface area contributed by atoms with Crippen LogP contribution < -0.4 is 4.74 Å². The molecule has 0 spiro atoms. The molecule has 1 amide bonds. The van der Waals surface area contributed by atoms with Gasteiger partial charge in [-0.05, 0) is 73.2 Å². The van der Waals surface area contributed by atoms with Crippen LogP contribution in [0.3, 0.4) is 0 Å². The van der Waals surface area contributed by atoms with Crippen LogP contribution in [0, 0.1) is 6.92 Å². The second-order valence-corrected chi connectivity index (χ2v) is 9.02. The Balaban J connectivity index is 1.58. The molecule has 0 atom stereocenters. The lowest BCUT2D eigenvalue weighted by molar-refractivity contribution is 0.0661. The number of carboxylic acid groups (broad SMARTS) is 1. The van der Waals surface area contributed by atoms with E-state index in [4.69, 9.17) is 4.74 Å². The number of hydrogen-bond donors (Lipinski definition) is 2. The summed E-state index contributed by atoms with van der Waals surface area (Å²) in [5, 5.41) is 19.1. The summed E-state index contributed by atoms with van der Waals surface area (Å²) in [4.78, 5) is 27.0. The summed E-state index contributed by atoms with van der Waals surface area (Å²) in [7, 11) is 0. The molecule has 35 heavy (non-hydrogen) atoms. The Kier molecular flexibility index (Phi) is 7.39. The van der Waals surface area contributed by atoms with E-state index >= 15 is 0 Å². The largest absolute Gasteiger partial charge is 0.507 e. The highest BCUT2D eigenvalue weighted by Crippen LogP contribution is 2.30. The van der Waals surface area contributed by atoms with E-state index in [1.165, 1.54) is 12.1 Å². The maximum Gasteiger partial charge on any atom is 0.339 e. The first-order chi connectivity index (χ1) is 16.9. The van der Waals surface area contributed by atoms with Gasteiger partial charge in [-0.2, -0.15) is 0 Å². The molecule has 0 saturated heterocycles. The molecule has 6 heteroatoms. The van der Waals surface area contributed by atoms with Crippen molar-refractivity contribution in [2.24, 2.45) is 0 Å². The van der Waals surface area contributed by atoms with Crippen LogP contribution in [0.4, 0.5) is 0 Å². The van der Waals surface area contributed by atoms with Gasteiger partial charge in [0.05, 0.1) is 6.61 Å². The number of nitrogens with zero attached hydrogens (tertiary/aromatic N) is 1. The molecular formula is C29H31NO5. The fourth-order valence-electron chi connectivity index (χ4n) is 4.68. The fraction of sp³-hybridized carbons (Fsp3) is 0.310. The third-order valence-corrected chi connectivity index (χ3v) is 6.63. The fourth-order valence-corrected chi connectivity index (χ4v) is 4.68. The number of aryl methyl sites for hydroxylation is 1. The lowest BCUT2D eigenvalue weighted by atomic mass is 10.0. The summed E-state index contributed by atoms with van der Waals surface area (Å²) in [6.45, 7) is 4.95. The van der Waals surface area contributed by atoms with Gasteiger partial charge in [0.1, 0.15) is 17.1 Å². The maximum atomic E-state index is 13.6. The first kappa shape index (κ1) is 24.3. The molecule has 2 N–H and O–H groups in total. The summed E-state index contributed by atoms with van der Waals surface area (Å²) in [5.74, 6) is -0.683. The van der Waals surface area contributed by atoms with E-state index in [-0.39, 0.29) is 23.3 Å². The number of benzene rings is 3. The molecule has 0 unspecified atom stereocenters. The molecule has 3 aromatic carbocycles. The van der Waals surface area contributed by atoms with Gasteiger partial charge in [-0.15, -0.1) is 0 Å². The van der Waals surface area contributed by atoms with Crippen molar-refractivity contribution in [2.45, 2.75) is 52.1 Å². The summed E-state index contributed by atoms with van der Waals surface area (Å²) < 4.78 is 5.71. The Morgan fingerprint density at radius 3 is 2.31 bits per heavy atom. The molecule has 6 nitrogen and oxygen atoms in total. The Labute approximate surface area is 205 Å². The smallest absolute Gasteiger partial charge is 0.339 e. The van der Waals surface area contributed by atoms with Crippen LogP contribution in [0.2, 0.25) is 0 Å². The minimum Gasteiger partial charge on any atom is -0.507 e. The van der Waals surface area contributed by atoms with Crippen molar-refractivity contribution in [3.05, 3.63) is 82.9 Å². The third kappa shape index (κ3) is 5.48. The minimum absolute atomic E-state index is 0.00608. The highest BCUT2D eigenvalue weighted by atomic mass is 16.5. The van der Waals surface area contributed by atoms with Crippen LogP contribution in [0.25, 0.3) is 11.1 Å². The molecule has 0 aliphatic heterocycles. The molecular weight excluding hydrogens is 442 g/mol. The van der Waals surface area contributed by atoms with Gasteiger partial charge < -0.3 is 19.8 Å². The standard InChI is InChI=1S/C29H31NO5/c1-3-35-27-17-23(11-8-19(27)2)28(32)30(24-6-4-5-7-24)18-20-9-12-21(13-10-20)22-14-15-26(31)25(16-22)29(33)34/h8-17,24,31H,3-7,18H2,1-2H3,(H,33,34). The molecule has 4 rings (SSSR count). The van der Waals surface area contributed by atoms with E-state index in [1.807, 2.05) is 61.2 Å². The number of carbonyl (C=O) groups excluding carboxylic acids is 1. The van der Waals surface area contributed by atoms with E-state index in [2.05, 4.69) is 0 Å². The molecule has 0 aromatic heterocycles. The summed E-state index contributed by atoms with van der Waals surface area (Å²) in [5.41, 5.74) is 4.06. The van der Waals surface area contributed by atoms with Crippen molar-refractivity contribution < 1.29 is 24.5 Å². The zero-order valence-electron chi connectivity index (χ0n) is 20.2. The third-order valence-electron chi connectivity index (χ3n) is 6.63. The Morgan fingerprint density at radius 1 is 0.971 bits per heavy atom. The van der Waals surface area contributed by atoms with Gasteiger partial charge in [0.25, 0.3) is 5.91 Å². The zero-order valence-corrected chi connectivity index (χ0v) is 20.2. The number of carboxylic acids is 1. The molecule has 182 valence electrons. The highest BCUT2D eigenvalue weighted by Gasteiger charge is 2.28. The van der Waals surface area contributed by atoms with E-state index in [0.717, 1.165) is 48.1 Å². The van der Waals surface area contributed by atoms with Crippen LogP contribution in [0.15, 0.2) is 60.7 Å². The van der Waals surface area contributed by atoms with Crippen LogP contribution >= 0.6 is 0 Å². The van der Waals surface area contributed by atoms with Crippen molar-refractivity contribution in [2.75, 3.05) is 6.61 Å². The van der Waals surface area contributed by atoms with Gasteiger partial charge >= 0.3 is 5.97 Å². The van der Waals surface area contributed by atoms with Crippen molar-refractivity contribution in [1.29, 1.82) is 0 Å². The predicted molar refractivity (Wildman–Crippen MR) is 135 cm³/mol. The first-order valence-electron chi connectivity index (χ1n) is 12.1. The molecule has 0 radical (unpaired) electrons. The minimum atomic E-state index is -1.17. The van der Waals surface area contributed by atoms with Gasteiger partial charge in [-0.1, -0.05) is 49.2 Å². The maximum absolute atomic E-state index is 13.6. The van der Waals surface area contributed by atoms with Crippen molar-refractivity contribution >= 4 is 11.9 Å². The Bertz CT molecular complexity index is 1210. The van der Waals surface area contributed by atoms with E-state index < -0.39 is 5.97 Å². The lowest BCUT2D eigenvalue weighted by Gasteiger charge is -2.29. The molecule has 3 aromatic rings. The predicted octanol–water partition coefficient (Wildman–Crippen LogP) is 6.05. The molecule has 0 heterocycles. The Hall–Kier alpha value is -3.80. The number of rotatable bonds is 8. The quantitative estimate of drug-likeness (QED) is 0.416. The average molecular weight is 474 g/mol. The number of aromatic hydroxyl groups is 1. The van der Waals surface area contributed by atoms with Crippen molar-refractivity contribution in [3.63, 3.8) is 0 Å². The molecule has 1 aliphatic rings. The monoisotopic (exact) mass is 473 g/mol. The summed E-state index contributed by atoms with van der Waals surface area (Å²) >= 11 is 0. The van der Waals surface area contributed by atoms with Crippen LogP contribution in [-0.4, -0.2) is 39.6 Å². The second kappa shape index (κ2) is 10.6. The second-order valence-electron chi connectivity index (χ2n) is 9.02. The molecule has 0 bridgehead atoms. The first-order valence-corrected chi connectivity index (χ1v) is 12.1. The normalized spacial score (nSPS) is 13.5. The highest BCUT2D eigenvalue weighted by molar-refractivity contribution is 5.95. The Morgan fingerprint density at radius 2 is 1.66 bits per heavy atom. The molecule has 1 saturated carbocycles. The number of carbonyl (C=O) groups is 2. The van der Waals surface area contributed by atoms with Crippen molar-refractivity contribution in [3.8, 4) is 22.6 Å². The summed E-state index contributed by atoms with van der Waals surface area (Å²) in [6, 6.07) is 18.2. The van der Waals surface area contributed by atoms with Crippen LogP contribution in [-0.2, 0) is 6.54 Å². The van der Waals surface area contributed by atoms with Gasteiger partial charge in [-0.3, -0.25) is 4.79 Å². The van der Waals surface area contributed by atoms with Gasteiger partial charge in [-0.25, -0.2) is 4.79 Å². The average Bonchev–Trinajstić information content (AvgIpc) is 3.39. The van der Waals surface area contributed by atoms with Crippen LogP contribution in [0.5, 0.6) is 11.5 Å². The van der Waals surface area contributed by atoms with Gasteiger partial charge in [0.15, 0.2) is 0 Å². The van der Waals surface area contributed by atoms with Crippen molar-refractivity contribution in [1.82, 2.24) is 4.90 Å². The van der Waals surface area contributed by atoms with E-state index in [9.17, 15) is 19.8 Å². The number of amides is 1. The van der Waals surface area contributed by atoms with E-state index in [1.54, 1.807) is 6.07 Å². The number of ether oxygens (including phenoxy) is 1. The summed E-state index contributed by atoms with van der Waals surface area (Å²) in [6.07, 6.45) is 4.25. The zero-order chi connectivity index (χ0) is 24.9. The number of phenols is 1. The molecule has 1 aliphatic carbocycles.